The van der Waals surface area contributed by atoms with E-state index in [4.69, 9.17) is 0 Å². The molecule has 1 heterocycles. The van der Waals surface area contributed by atoms with E-state index < -0.39 is 15.8 Å². The number of benzene rings is 1. The zero-order valence-corrected chi connectivity index (χ0v) is 13.9. The Morgan fingerprint density at radius 3 is 2.61 bits per heavy atom. The minimum absolute atomic E-state index is 0.0498. The van der Waals surface area contributed by atoms with Crippen LogP contribution in [-0.2, 0) is 14.6 Å². The third-order valence-corrected chi connectivity index (χ3v) is 6.46. The van der Waals surface area contributed by atoms with Gasteiger partial charge in [0.05, 0.1) is 17.4 Å². The summed E-state index contributed by atoms with van der Waals surface area (Å²) in [5, 5.41) is 4.36. The molecule has 6 heteroatoms. The van der Waals surface area contributed by atoms with Crippen molar-refractivity contribution < 1.29 is 13.2 Å². The third-order valence-electron chi connectivity index (χ3n) is 4.69. The van der Waals surface area contributed by atoms with Crippen molar-refractivity contribution in [3.05, 3.63) is 35.9 Å². The first-order valence-corrected chi connectivity index (χ1v) is 9.99. The van der Waals surface area contributed by atoms with Crippen molar-refractivity contribution in [2.45, 2.75) is 38.0 Å². The molecule has 1 aliphatic heterocycles. The van der Waals surface area contributed by atoms with Crippen LogP contribution in [-0.4, -0.2) is 31.5 Å². The highest BCUT2D eigenvalue weighted by molar-refractivity contribution is 7.91. The summed E-state index contributed by atoms with van der Waals surface area (Å²) in [5.74, 6) is -0.420. The molecule has 124 valence electrons. The van der Waals surface area contributed by atoms with Gasteiger partial charge in [0.2, 0.25) is 5.91 Å². The van der Waals surface area contributed by atoms with Crippen LogP contribution in [0.2, 0.25) is 0 Å². The lowest BCUT2D eigenvalue weighted by molar-refractivity contribution is -0.124. The van der Waals surface area contributed by atoms with E-state index >= 15 is 0 Å². The Morgan fingerprint density at radius 2 is 1.91 bits per heavy atom. The summed E-state index contributed by atoms with van der Waals surface area (Å²) < 4.78 is 22.9. The molecule has 1 aromatic carbocycles. The first-order valence-electron chi connectivity index (χ1n) is 8.17. The van der Waals surface area contributed by atoms with E-state index in [-0.39, 0.29) is 23.3 Å². The Morgan fingerprint density at radius 1 is 1.13 bits per heavy atom. The van der Waals surface area contributed by atoms with Gasteiger partial charge in [-0.1, -0.05) is 36.8 Å². The van der Waals surface area contributed by atoms with Crippen LogP contribution in [0.4, 0.5) is 0 Å². The third kappa shape index (κ3) is 3.99. The molecule has 1 saturated heterocycles. The smallest absolute Gasteiger partial charge is 0.244 e. The number of hydrazone groups is 1. The van der Waals surface area contributed by atoms with Gasteiger partial charge in [-0.3, -0.25) is 4.79 Å². The minimum Gasteiger partial charge on any atom is -0.273 e. The summed E-state index contributed by atoms with van der Waals surface area (Å²) in [5.41, 5.74) is 4.84. The number of hydrogen-bond acceptors (Lipinski definition) is 4. The lowest BCUT2D eigenvalue weighted by Gasteiger charge is -2.24. The van der Waals surface area contributed by atoms with Crippen molar-refractivity contribution >= 4 is 21.5 Å². The summed E-state index contributed by atoms with van der Waals surface area (Å²) in [7, 11) is -3.05. The molecule has 3 rings (SSSR count). The summed E-state index contributed by atoms with van der Waals surface area (Å²) in [6.07, 6.45) is 4.56. The van der Waals surface area contributed by atoms with Gasteiger partial charge in [-0.05, 0) is 31.2 Å². The molecule has 1 N–H and O–H groups in total. The largest absolute Gasteiger partial charge is 0.273 e. The lowest BCUT2D eigenvalue weighted by Crippen LogP contribution is -2.30. The number of hydrogen-bond donors (Lipinski definition) is 1. The van der Waals surface area contributed by atoms with Crippen LogP contribution in [0.1, 0.15) is 43.6 Å². The van der Waals surface area contributed by atoms with Gasteiger partial charge >= 0.3 is 0 Å². The Balaban J connectivity index is 1.69. The van der Waals surface area contributed by atoms with Gasteiger partial charge in [-0.2, -0.15) is 5.10 Å². The van der Waals surface area contributed by atoms with Gasteiger partial charge in [-0.15, -0.1) is 0 Å². The monoisotopic (exact) mass is 334 g/mol. The summed E-state index contributed by atoms with van der Waals surface area (Å²) in [6.45, 7) is 0. The second-order valence-electron chi connectivity index (χ2n) is 6.39. The summed E-state index contributed by atoms with van der Waals surface area (Å²) >= 11 is 0. The van der Waals surface area contributed by atoms with E-state index in [1.165, 1.54) is 5.56 Å². The number of sulfone groups is 1. The minimum atomic E-state index is -3.05. The molecule has 2 aliphatic rings. The van der Waals surface area contributed by atoms with Crippen molar-refractivity contribution in [3.63, 3.8) is 0 Å². The second-order valence-corrected chi connectivity index (χ2v) is 8.62. The van der Waals surface area contributed by atoms with Gasteiger partial charge in [0, 0.05) is 11.6 Å². The van der Waals surface area contributed by atoms with E-state index in [1.807, 2.05) is 18.2 Å². The van der Waals surface area contributed by atoms with E-state index in [9.17, 15) is 13.2 Å². The van der Waals surface area contributed by atoms with Crippen molar-refractivity contribution in [1.82, 2.24) is 5.43 Å². The van der Waals surface area contributed by atoms with Gasteiger partial charge in [0.1, 0.15) is 0 Å². The number of amides is 1. The standard InChI is InChI=1S/C17H22N2O3S/c20-17(14-10-11-23(21,22)12-14)19-18-16-9-5-4-8-15(16)13-6-2-1-3-7-13/h1-3,6-7,14-15H,4-5,8-12H2,(H,19,20)/t14-,15+/m1/s1. The molecule has 1 saturated carbocycles. The number of carbonyl (C=O) groups is 1. The maximum absolute atomic E-state index is 12.1. The first kappa shape index (κ1) is 16.2. The van der Waals surface area contributed by atoms with Crippen molar-refractivity contribution in [2.75, 3.05) is 11.5 Å². The predicted molar refractivity (Wildman–Crippen MR) is 90.0 cm³/mol. The molecule has 5 nitrogen and oxygen atoms in total. The summed E-state index contributed by atoms with van der Waals surface area (Å²) in [6, 6.07) is 10.2. The fourth-order valence-electron chi connectivity index (χ4n) is 3.39. The molecule has 1 amide bonds. The van der Waals surface area contributed by atoms with Crippen LogP contribution in [0.3, 0.4) is 0 Å². The first-order chi connectivity index (χ1) is 11.1. The van der Waals surface area contributed by atoms with Crippen molar-refractivity contribution in [3.8, 4) is 0 Å². The fourth-order valence-corrected chi connectivity index (χ4v) is 5.14. The number of nitrogens with zero attached hydrogens (tertiary/aromatic N) is 1. The molecular weight excluding hydrogens is 312 g/mol. The quantitative estimate of drug-likeness (QED) is 0.862. The van der Waals surface area contributed by atoms with Crippen LogP contribution in [0.5, 0.6) is 0 Å². The van der Waals surface area contributed by atoms with Gasteiger partial charge < -0.3 is 0 Å². The molecule has 1 aromatic rings. The maximum Gasteiger partial charge on any atom is 0.244 e. The molecule has 0 radical (unpaired) electrons. The lowest BCUT2D eigenvalue weighted by atomic mass is 9.82. The predicted octanol–water partition coefficient (Wildman–Crippen LogP) is 2.25. The van der Waals surface area contributed by atoms with Crippen LogP contribution in [0.15, 0.2) is 35.4 Å². The highest BCUT2D eigenvalue weighted by Crippen LogP contribution is 2.30. The number of carbonyl (C=O) groups excluding carboxylic acids is 1. The molecule has 1 aliphatic carbocycles. The number of rotatable bonds is 3. The van der Waals surface area contributed by atoms with Crippen molar-refractivity contribution in [1.29, 1.82) is 0 Å². The molecule has 2 atom stereocenters. The normalized spacial score (nSPS) is 28.6. The summed E-state index contributed by atoms with van der Waals surface area (Å²) in [4.78, 5) is 12.1. The van der Waals surface area contributed by atoms with Crippen LogP contribution >= 0.6 is 0 Å². The van der Waals surface area contributed by atoms with Crippen LogP contribution < -0.4 is 5.43 Å². The molecule has 2 fully saturated rings. The van der Waals surface area contributed by atoms with Gasteiger partial charge in [-0.25, -0.2) is 13.8 Å². The molecule has 0 spiro atoms. The highest BCUT2D eigenvalue weighted by Gasteiger charge is 2.33. The Bertz CT molecular complexity index is 698. The Labute approximate surface area is 137 Å². The van der Waals surface area contributed by atoms with Crippen LogP contribution in [0, 0.1) is 5.92 Å². The van der Waals surface area contributed by atoms with E-state index in [1.54, 1.807) is 0 Å². The maximum atomic E-state index is 12.1. The SMILES string of the molecule is O=C(NN=C1CCCC[C@H]1c1ccccc1)[C@@H]1CCS(=O)(=O)C1. The zero-order valence-electron chi connectivity index (χ0n) is 13.1. The van der Waals surface area contributed by atoms with Crippen molar-refractivity contribution in [2.24, 2.45) is 11.0 Å². The van der Waals surface area contributed by atoms with Gasteiger partial charge in [0.25, 0.3) is 0 Å². The second kappa shape index (κ2) is 6.83. The average molecular weight is 334 g/mol. The van der Waals surface area contributed by atoms with Crippen LogP contribution in [0.25, 0.3) is 0 Å². The molecule has 0 unspecified atom stereocenters. The average Bonchev–Trinajstić information content (AvgIpc) is 2.94. The van der Waals surface area contributed by atoms with E-state index in [0.29, 0.717) is 6.42 Å². The number of nitrogens with one attached hydrogen (secondary N) is 1. The van der Waals surface area contributed by atoms with E-state index in [0.717, 1.165) is 31.4 Å². The molecule has 0 aromatic heterocycles. The molecule has 0 bridgehead atoms. The Kier molecular flexibility index (Phi) is 4.80. The topological polar surface area (TPSA) is 75.6 Å². The van der Waals surface area contributed by atoms with Gasteiger partial charge in [0.15, 0.2) is 9.84 Å². The molecule has 23 heavy (non-hydrogen) atoms. The van der Waals surface area contributed by atoms with E-state index in [2.05, 4.69) is 22.7 Å². The zero-order chi connectivity index (χ0) is 16.3. The fraction of sp³-hybridized carbons (Fsp3) is 0.529. The highest BCUT2D eigenvalue weighted by atomic mass is 32.2. The molecular formula is C17H22N2O3S. The Hall–Kier alpha value is -1.69.